The molecule has 0 bridgehead atoms. The van der Waals surface area contributed by atoms with Gasteiger partial charge in [-0.05, 0) is 25.5 Å². The lowest BCUT2D eigenvalue weighted by atomic mass is 10.2. The molecule has 1 heterocycles. The minimum absolute atomic E-state index is 0.0278. The Hall–Kier alpha value is -2.37. The summed E-state index contributed by atoms with van der Waals surface area (Å²) in [5.74, 6) is -0.0361. The summed E-state index contributed by atoms with van der Waals surface area (Å²) in [7, 11) is 0. The van der Waals surface area contributed by atoms with Crippen LogP contribution in [0.25, 0.3) is 0 Å². The van der Waals surface area contributed by atoms with Gasteiger partial charge in [0.25, 0.3) is 5.91 Å². The molecule has 0 fully saturated rings. The molecule has 1 atom stereocenters. The maximum Gasteiger partial charge on any atom is 0.273 e. The summed E-state index contributed by atoms with van der Waals surface area (Å²) >= 11 is 0. The second-order valence-electron chi connectivity index (χ2n) is 4.66. The lowest BCUT2D eigenvalue weighted by Gasteiger charge is -2.08. The standard InChI is InChI=1S/C15H17FN2O3/c1-3-10(2)17-15(19)13-8-21-14(18-13)9-20-12-6-4-5-11(16)7-12/h4-8,10H,3,9H2,1-2H3,(H,17,19). The molecule has 1 unspecified atom stereocenters. The third-order valence-electron chi connectivity index (χ3n) is 2.93. The summed E-state index contributed by atoms with van der Waals surface area (Å²) < 4.78 is 23.5. The highest BCUT2D eigenvalue weighted by Gasteiger charge is 2.14. The van der Waals surface area contributed by atoms with Crippen molar-refractivity contribution in [3.63, 3.8) is 0 Å². The average molecular weight is 292 g/mol. The van der Waals surface area contributed by atoms with Crippen LogP contribution in [0.2, 0.25) is 0 Å². The van der Waals surface area contributed by atoms with E-state index in [-0.39, 0.29) is 36.0 Å². The zero-order valence-electron chi connectivity index (χ0n) is 11.9. The Morgan fingerprint density at radius 3 is 3.05 bits per heavy atom. The number of ether oxygens (including phenoxy) is 1. The van der Waals surface area contributed by atoms with E-state index in [1.165, 1.54) is 18.4 Å². The van der Waals surface area contributed by atoms with Gasteiger partial charge in [-0.3, -0.25) is 4.79 Å². The van der Waals surface area contributed by atoms with E-state index < -0.39 is 0 Å². The highest BCUT2D eigenvalue weighted by molar-refractivity contribution is 5.92. The maximum atomic E-state index is 13.0. The molecule has 0 aliphatic heterocycles. The van der Waals surface area contributed by atoms with E-state index in [4.69, 9.17) is 9.15 Å². The van der Waals surface area contributed by atoms with Crippen LogP contribution in [0, 0.1) is 5.82 Å². The highest BCUT2D eigenvalue weighted by atomic mass is 19.1. The van der Waals surface area contributed by atoms with E-state index in [1.54, 1.807) is 12.1 Å². The van der Waals surface area contributed by atoms with Crippen molar-refractivity contribution in [2.75, 3.05) is 0 Å². The molecular weight excluding hydrogens is 275 g/mol. The molecule has 112 valence electrons. The summed E-state index contributed by atoms with van der Waals surface area (Å²) in [6.07, 6.45) is 2.11. The summed E-state index contributed by atoms with van der Waals surface area (Å²) in [5, 5.41) is 2.79. The second-order valence-corrected chi connectivity index (χ2v) is 4.66. The van der Waals surface area contributed by atoms with Crippen molar-refractivity contribution in [3.8, 4) is 5.75 Å². The van der Waals surface area contributed by atoms with Crippen molar-refractivity contribution in [3.05, 3.63) is 47.9 Å². The minimum Gasteiger partial charge on any atom is -0.484 e. The number of oxazole rings is 1. The molecule has 1 N–H and O–H groups in total. The molecule has 0 saturated heterocycles. The van der Waals surface area contributed by atoms with E-state index >= 15 is 0 Å². The molecule has 1 amide bonds. The molecular formula is C15H17FN2O3. The summed E-state index contributed by atoms with van der Waals surface area (Å²) in [4.78, 5) is 15.9. The third kappa shape index (κ3) is 4.30. The molecule has 21 heavy (non-hydrogen) atoms. The first kappa shape index (κ1) is 15.0. The Labute approximate surface area is 122 Å². The lowest BCUT2D eigenvalue weighted by Crippen LogP contribution is -2.32. The molecule has 6 heteroatoms. The smallest absolute Gasteiger partial charge is 0.273 e. The fourth-order valence-electron chi connectivity index (χ4n) is 1.58. The van der Waals surface area contributed by atoms with Gasteiger partial charge in [0.05, 0.1) is 0 Å². The van der Waals surface area contributed by atoms with Crippen molar-refractivity contribution >= 4 is 5.91 Å². The Balaban J connectivity index is 1.92. The second kappa shape index (κ2) is 6.88. The van der Waals surface area contributed by atoms with Gasteiger partial charge < -0.3 is 14.5 Å². The fourth-order valence-corrected chi connectivity index (χ4v) is 1.58. The number of amides is 1. The summed E-state index contributed by atoms with van der Waals surface area (Å²) in [6.45, 7) is 3.91. The molecule has 0 aliphatic rings. The van der Waals surface area contributed by atoms with E-state index in [9.17, 15) is 9.18 Å². The number of carbonyl (C=O) groups excluding carboxylic acids is 1. The van der Waals surface area contributed by atoms with Gasteiger partial charge in [0.1, 0.15) is 17.8 Å². The van der Waals surface area contributed by atoms with E-state index in [2.05, 4.69) is 10.3 Å². The van der Waals surface area contributed by atoms with Crippen LogP contribution in [-0.2, 0) is 6.61 Å². The average Bonchev–Trinajstić information content (AvgIpc) is 2.94. The van der Waals surface area contributed by atoms with Gasteiger partial charge in [-0.15, -0.1) is 0 Å². The number of benzene rings is 1. The summed E-state index contributed by atoms with van der Waals surface area (Å²) in [5.41, 5.74) is 0.202. The van der Waals surface area contributed by atoms with E-state index in [0.717, 1.165) is 6.42 Å². The number of halogens is 1. The first-order valence-corrected chi connectivity index (χ1v) is 6.72. The zero-order valence-corrected chi connectivity index (χ0v) is 11.9. The first-order valence-electron chi connectivity index (χ1n) is 6.72. The predicted octanol–water partition coefficient (Wildman–Crippen LogP) is 2.92. The van der Waals surface area contributed by atoms with Crippen molar-refractivity contribution in [1.29, 1.82) is 0 Å². The quantitative estimate of drug-likeness (QED) is 0.889. The van der Waals surface area contributed by atoms with Gasteiger partial charge in [-0.25, -0.2) is 9.37 Å². The van der Waals surface area contributed by atoms with E-state index in [1.807, 2.05) is 13.8 Å². The molecule has 2 rings (SSSR count). The molecule has 1 aromatic heterocycles. The first-order chi connectivity index (χ1) is 10.1. The molecule has 0 radical (unpaired) electrons. The van der Waals surface area contributed by atoms with Crippen LogP contribution in [0.3, 0.4) is 0 Å². The largest absolute Gasteiger partial charge is 0.484 e. The normalized spacial score (nSPS) is 12.0. The van der Waals surface area contributed by atoms with Gasteiger partial charge in [0, 0.05) is 12.1 Å². The Morgan fingerprint density at radius 2 is 2.33 bits per heavy atom. The third-order valence-corrected chi connectivity index (χ3v) is 2.93. The SMILES string of the molecule is CCC(C)NC(=O)c1coc(COc2cccc(F)c2)n1. The van der Waals surface area contributed by atoms with Gasteiger partial charge in [-0.2, -0.15) is 0 Å². The van der Waals surface area contributed by atoms with Crippen LogP contribution in [0.15, 0.2) is 34.9 Å². The van der Waals surface area contributed by atoms with Crippen molar-refractivity contribution in [1.82, 2.24) is 10.3 Å². The number of carbonyl (C=O) groups is 1. The minimum atomic E-state index is -0.381. The highest BCUT2D eigenvalue weighted by Crippen LogP contribution is 2.14. The molecule has 1 aromatic carbocycles. The van der Waals surface area contributed by atoms with Crippen LogP contribution >= 0.6 is 0 Å². The Kier molecular flexibility index (Phi) is 4.92. The van der Waals surface area contributed by atoms with E-state index in [0.29, 0.717) is 5.75 Å². The van der Waals surface area contributed by atoms with Crippen LogP contribution in [0.4, 0.5) is 4.39 Å². The van der Waals surface area contributed by atoms with Gasteiger partial charge in [0.2, 0.25) is 5.89 Å². The molecule has 5 nitrogen and oxygen atoms in total. The topological polar surface area (TPSA) is 64.4 Å². The number of hydrogen-bond donors (Lipinski definition) is 1. The number of hydrogen-bond acceptors (Lipinski definition) is 4. The maximum absolute atomic E-state index is 13.0. The summed E-state index contributed by atoms with van der Waals surface area (Å²) in [6, 6.07) is 5.84. The molecule has 0 aliphatic carbocycles. The zero-order chi connectivity index (χ0) is 15.2. The molecule has 2 aromatic rings. The van der Waals surface area contributed by atoms with Crippen LogP contribution < -0.4 is 10.1 Å². The van der Waals surface area contributed by atoms with Crippen LogP contribution in [-0.4, -0.2) is 16.9 Å². The number of nitrogens with zero attached hydrogens (tertiary/aromatic N) is 1. The van der Waals surface area contributed by atoms with Gasteiger partial charge in [0.15, 0.2) is 12.3 Å². The number of nitrogens with one attached hydrogen (secondary N) is 1. The Bertz CT molecular complexity index is 612. The van der Waals surface area contributed by atoms with Crippen molar-refractivity contribution < 1.29 is 18.3 Å². The molecule has 0 spiro atoms. The van der Waals surface area contributed by atoms with Gasteiger partial charge >= 0.3 is 0 Å². The van der Waals surface area contributed by atoms with Crippen LogP contribution in [0.1, 0.15) is 36.6 Å². The van der Waals surface area contributed by atoms with Gasteiger partial charge in [-0.1, -0.05) is 13.0 Å². The monoisotopic (exact) mass is 292 g/mol. The molecule has 0 saturated carbocycles. The van der Waals surface area contributed by atoms with Crippen molar-refractivity contribution in [2.24, 2.45) is 0 Å². The van der Waals surface area contributed by atoms with Crippen molar-refractivity contribution in [2.45, 2.75) is 32.9 Å². The lowest BCUT2D eigenvalue weighted by molar-refractivity contribution is 0.0934. The predicted molar refractivity (Wildman–Crippen MR) is 74.5 cm³/mol. The number of rotatable bonds is 6. The fraction of sp³-hybridized carbons (Fsp3) is 0.333. The van der Waals surface area contributed by atoms with Crippen LogP contribution in [0.5, 0.6) is 5.75 Å². The Morgan fingerprint density at radius 1 is 1.52 bits per heavy atom. The number of aromatic nitrogens is 1.